The van der Waals surface area contributed by atoms with Crippen molar-refractivity contribution in [3.8, 4) is 17.2 Å². The third-order valence-corrected chi connectivity index (χ3v) is 6.44. The largest absolute Gasteiger partial charge is 0.497 e. The Kier molecular flexibility index (Phi) is 5.59. The molecule has 3 aliphatic heterocycles. The minimum Gasteiger partial charge on any atom is -0.497 e. The van der Waals surface area contributed by atoms with Gasteiger partial charge in [0.05, 0.1) is 19.7 Å². The van der Waals surface area contributed by atoms with Gasteiger partial charge in [-0.25, -0.2) is 4.79 Å². The normalized spacial score (nSPS) is 24.3. The van der Waals surface area contributed by atoms with Crippen molar-refractivity contribution in [3.05, 3.63) is 47.0 Å². The highest BCUT2D eigenvalue weighted by atomic mass is 16.5. The Balaban J connectivity index is 1.39. The van der Waals surface area contributed by atoms with Gasteiger partial charge < -0.3 is 25.3 Å². The molecule has 2 aromatic carbocycles. The highest BCUT2D eigenvalue weighted by molar-refractivity contribution is 5.94. The summed E-state index contributed by atoms with van der Waals surface area (Å²) >= 11 is 0. The number of methoxy groups -OCH3 is 1. The molecule has 4 N–H and O–H groups in total. The molecule has 0 aliphatic carbocycles. The molecule has 9 nitrogen and oxygen atoms in total. The zero-order valence-electron chi connectivity index (χ0n) is 18.7. The van der Waals surface area contributed by atoms with Crippen molar-refractivity contribution >= 4 is 17.7 Å². The monoisotopic (exact) mass is 452 g/mol. The Bertz CT molecular complexity index is 1100. The van der Waals surface area contributed by atoms with Crippen LogP contribution in [0.5, 0.6) is 17.2 Å². The molecule has 0 bridgehead atoms. The number of nitrogens with zero attached hydrogens (tertiary/aromatic N) is 1. The minimum atomic E-state index is -0.411. The molecule has 0 radical (unpaired) electrons. The Hall–Kier alpha value is -3.30. The second-order valence-electron chi connectivity index (χ2n) is 8.72. The van der Waals surface area contributed by atoms with Crippen LogP contribution >= 0.6 is 0 Å². The summed E-state index contributed by atoms with van der Waals surface area (Å²) in [5.74, 6) is 1.64. The van der Waals surface area contributed by atoms with Gasteiger partial charge in [0, 0.05) is 36.3 Å². The number of benzene rings is 2. The molecule has 0 saturated carbocycles. The highest BCUT2D eigenvalue weighted by Crippen LogP contribution is 2.35. The first-order valence-electron chi connectivity index (χ1n) is 11.2. The summed E-state index contributed by atoms with van der Waals surface area (Å²) in [6.45, 7) is 2.49. The van der Waals surface area contributed by atoms with Crippen molar-refractivity contribution in [1.82, 2.24) is 10.6 Å². The summed E-state index contributed by atoms with van der Waals surface area (Å²) in [5.41, 5.74) is 10.1. The summed E-state index contributed by atoms with van der Waals surface area (Å²) in [6.07, 6.45) is 1.37. The standard InChI is InChI=1S/C24H28N4O5/c1-13-7-17(11-20-18(13)12-23(29)33-20)32-22-10-15(9-21(25)27-22)28-19-4-3-16(31-2)8-14(19)5-6-26-24(28)30/h3-4,7-8,11,15,21-22,27H,5-6,9-10,12,25H2,1-2H3,(H,26,30). The number of ether oxygens (including phenoxy) is 3. The van der Waals surface area contributed by atoms with E-state index in [1.165, 1.54) is 0 Å². The van der Waals surface area contributed by atoms with Crippen molar-refractivity contribution in [3.63, 3.8) is 0 Å². The van der Waals surface area contributed by atoms with Gasteiger partial charge >= 0.3 is 12.0 Å². The number of rotatable bonds is 4. The number of nitrogens with one attached hydrogen (secondary N) is 2. The number of aryl methyl sites for hydroxylation is 1. The number of urea groups is 1. The Morgan fingerprint density at radius 2 is 2.00 bits per heavy atom. The average molecular weight is 453 g/mol. The summed E-state index contributed by atoms with van der Waals surface area (Å²) in [7, 11) is 1.63. The first-order chi connectivity index (χ1) is 15.9. The molecule has 3 atom stereocenters. The summed E-state index contributed by atoms with van der Waals surface area (Å²) in [4.78, 5) is 26.5. The van der Waals surface area contributed by atoms with Gasteiger partial charge in [0.25, 0.3) is 0 Å². The second kappa shape index (κ2) is 8.57. The van der Waals surface area contributed by atoms with Crippen LogP contribution in [0.25, 0.3) is 0 Å². The molecule has 1 saturated heterocycles. The maximum absolute atomic E-state index is 13.0. The number of carbonyl (C=O) groups is 2. The fourth-order valence-electron chi connectivity index (χ4n) is 4.90. The number of hydrogen-bond acceptors (Lipinski definition) is 7. The van der Waals surface area contributed by atoms with E-state index in [1.807, 2.05) is 31.2 Å². The van der Waals surface area contributed by atoms with E-state index in [0.29, 0.717) is 30.9 Å². The van der Waals surface area contributed by atoms with E-state index >= 15 is 0 Å². The molecule has 1 fully saturated rings. The van der Waals surface area contributed by atoms with E-state index in [1.54, 1.807) is 18.1 Å². The number of fused-ring (bicyclic) bond motifs is 2. The van der Waals surface area contributed by atoms with Crippen molar-refractivity contribution in [2.24, 2.45) is 5.73 Å². The van der Waals surface area contributed by atoms with Crippen LogP contribution in [0.1, 0.15) is 29.5 Å². The molecule has 0 aromatic heterocycles. The number of nitrogens with two attached hydrogens (primary N) is 1. The number of hydrogen-bond donors (Lipinski definition) is 3. The SMILES string of the molecule is COc1ccc2c(c1)CCNC(=O)N2C1CC(N)NC(Oc2cc(C)c3c(c2)OC(=O)C3)C1. The molecule has 2 aromatic rings. The first-order valence-corrected chi connectivity index (χ1v) is 11.2. The number of anilines is 1. The lowest BCUT2D eigenvalue weighted by Crippen LogP contribution is -2.59. The molecule has 0 spiro atoms. The van der Waals surface area contributed by atoms with E-state index in [2.05, 4.69) is 10.6 Å². The zero-order chi connectivity index (χ0) is 23.1. The quantitative estimate of drug-likeness (QED) is 0.480. The van der Waals surface area contributed by atoms with Gasteiger partial charge in [-0.2, -0.15) is 0 Å². The molecule has 2 amide bonds. The molecular formula is C24H28N4O5. The summed E-state index contributed by atoms with van der Waals surface area (Å²) < 4.78 is 16.9. The summed E-state index contributed by atoms with van der Waals surface area (Å²) in [6, 6.07) is 9.12. The van der Waals surface area contributed by atoms with Crippen molar-refractivity contribution in [2.45, 2.75) is 51.0 Å². The van der Waals surface area contributed by atoms with Gasteiger partial charge in [-0.1, -0.05) is 0 Å². The molecule has 3 unspecified atom stereocenters. The van der Waals surface area contributed by atoms with E-state index in [9.17, 15) is 9.59 Å². The van der Waals surface area contributed by atoms with Crippen LogP contribution in [0.3, 0.4) is 0 Å². The van der Waals surface area contributed by atoms with Gasteiger partial charge in [0.15, 0.2) is 6.23 Å². The Morgan fingerprint density at radius 1 is 1.15 bits per heavy atom. The lowest BCUT2D eigenvalue weighted by atomic mass is 9.99. The van der Waals surface area contributed by atoms with Gasteiger partial charge in [-0.15, -0.1) is 0 Å². The number of piperidine rings is 1. The molecule has 5 rings (SSSR count). The predicted molar refractivity (Wildman–Crippen MR) is 122 cm³/mol. The maximum Gasteiger partial charge on any atom is 0.322 e. The Morgan fingerprint density at radius 3 is 2.82 bits per heavy atom. The second-order valence-corrected chi connectivity index (χ2v) is 8.72. The van der Waals surface area contributed by atoms with Crippen LogP contribution < -0.4 is 35.5 Å². The average Bonchev–Trinajstić information content (AvgIpc) is 3.06. The van der Waals surface area contributed by atoms with Crippen LogP contribution in [-0.2, 0) is 17.6 Å². The maximum atomic E-state index is 13.0. The van der Waals surface area contributed by atoms with Crippen LogP contribution in [0.2, 0.25) is 0 Å². The van der Waals surface area contributed by atoms with Crippen LogP contribution in [0, 0.1) is 6.92 Å². The molecule has 174 valence electrons. The zero-order valence-corrected chi connectivity index (χ0v) is 18.7. The van der Waals surface area contributed by atoms with E-state index in [4.69, 9.17) is 19.9 Å². The van der Waals surface area contributed by atoms with Gasteiger partial charge in [-0.3, -0.25) is 15.0 Å². The summed E-state index contributed by atoms with van der Waals surface area (Å²) in [5, 5.41) is 6.26. The Labute approximate surface area is 192 Å². The van der Waals surface area contributed by atoms with E-state index in [0.717, 1.165) is 34.5 Å². The molecule has 3 heterocycles. The number of esters is 1. The van der Waals surface area contributed by atoms with Crippen LogP contribution in [0.4, 0.5) is 10.5 Å². The van der Waals surface area contributed by atoms with Crippen LogP contribution in [-0.4, -0.2) is 44.1 Å². The first kappa shape index (κ1) is 21.5. The smallest absolute Gasteiger partial charge is 0.322 e. The lowest BCUT2D eigenvalue weighted by molar-refractivity contribution is -0.131. The van der Waals surface area contributed by atoms with Crippen molar-refractivity contribution in [1.29, 1.82) is 0 Å². The lowest BCUT2D eigenvalue weighted by Gasteiger charge is -2.40. The third kappa shape index (κ3) is 4.21. The van der Waals surface area contributed by atoms with E-state index < -0.39 is 6.23 Å². The third-order valence-electron chi connectivity index (χ3n) is 6.44. The molecule has 33 heavy (non-hydrogen) atoms. The predicted octanol–water partition coefficient (Wildman–Crippen LogP) is 1.98. The van der Waals surface area contributed by atoms with Gasteiger partial charge in [0.2, 0.25) is 0 Å². The molecule has 9 heteroatoms. The van der Waals surface area contributed by atoms with Crippen molar-refractivity contribution < 1.29 is 23.8 Å². The van der Waals surface area contributed by atoms with Crippen molar-refractivity contribution in [2.75, 3.05) is 18.6 Å². The fourth-order valence-corrected chi connectivity index (χ4v) is 4.90. The topological polar surface area (TPSA) is 115 Å². The number of carbonyl (C=O) groups excluding carboxylic acids is 2. The number of amides is 2. The van der Waals surface area contributed by atoms with E-state index in [-0.39, 0.29) is 30.6 Å². The highest BCUT2D eigenvalue weighted by Gasteiger charge is 2.36. The molecular weight excluding hydrogens is 424 g/mol. The minimum absolute atomic E-state index is 0.142. The van der Waals surface area contributed by atoms with Crippen LogP contribution in [0.15, 0.2) is 30.3 Å². The van der Waals surface area contributed by atoms with Gasteiger partial charge in [-0.05, 0) is 55.2 Å². The fraction of sp³-hybridized carbons (Fsp3) is 0.417. The van der Waals surface area contributed by atoms with Gasteiger partial charge in [0.1, 0.15) is 17.2 Å². The molecule has 3 aliphatic rings.